The summed E-state index contributed by atoms with van der Waals surface area (Å²) in [7, 11) is 0. The summed E-state index contributed by atoms with van der Waals surface area (Å²) in [4.78, 5) is 15.1. The van der Waals surface area contributed by atoms with Crippen LogP contribution in [-0.2, 0) is 11.2 Å². The first-order valence-electron chi connectivity index (χ1n) is 10.4. The Balaban J connectivity index is 1.45. The Hall–Kier alpha value is -3.09. The lowest BCUT2D eigenvalue weighted by atomic mass is 10.1. The normalized spacial score (nSPS) is 15.1. The molecule has 160 valence electrons. The quantitative estimate of drug-likeness (QED) is 0.361. The lowest BCUT2D eigenvalue weighted by Gasteiger charge is -2.22. The Bertz CT molecular complexity index is 1260. The summed E-state index contributed by atoms with van der Waals surface area (Å²) >= 11 is 7.50. The zero-order valence-electron chi connectivity index (χ0n) is 17.5. The van der Waals surface area contributed by atoms with E-state index < -0.39 is 0 Å². The third-order valence-electron chi connectivity index (χ3n) is 5.55. The van der Waals surface area contributed by atoms with Gasteiger partial charge in [-0.2, -0.15) is 0 Å². The van der Waals surface area contributed by atoms with Crippen LogP contribution in [0.3, 0.4) is 0 Å². The van der Waals surface area contributed by atoms with E-state index in [9.17, 15) is 4.79 Å². The van der Waals surface area contributed by atoms with Crippen LogP contribution in [0.1, 0.15) is 12.5 Å². The first kappa shape index (κ1) is 20.8. The van der Waals surface area contributed by atoms with E-state index in [2.05, 4.69) is 23.2 Å². The van der Waals surface area contributed by atoms with Crippen LogP contribution >= 0.6 is 23.4 Å². The van der Waals surface area contributed by atoms with Gasteiger partial charge >= 0.3 is 0 Å². The Labute approximate surface area is 196 Å². The molecule has 1 aliphatic heterocycles. The van der Waals surface area contributed by atoms with Crippen LogP contribution < -0.4 is 4.90 Å². The molecular weight excluding hydrogens is 440 g/mol. The number of hydrogen-bond acceptors (Lipinski definition) is 4. The van der Waals surface area contributed by atoms with E-state index in [0.717, 1.165) is 29.2 Å². The third-order valence-corrected chi connectivity index (χ3v) is 6.72. The predicted molar refractivity (Wildman–Crippen MR) is 130 cm³/mol. The highest BCUT2D eigenvalue weighted by Gasteiger charge is 2.30. The number of thioether (sulfide) groups is 1. The van der Waals surface area contributed by atoms with Crippen LogP contribution in [-0.4, -0.2) is 32.5 Å². The molecule has 0 spiro atoms. The maximum Gasteiger partial charge on any atom is 0.237 e. The van der Waals surface area contributed by atoms with Crippen LogP contribution in [0.15, 0.2) is 84.0 Å². The zero-order chi connectivity index (χ0) is 22.1. The monoisotopic (exact) mass is 460 g/mol. The molecule has 0 saturated heterocycles. The highest BCUT2D eigenvalue weighted by molar-refractivity contribution is 7.99. The molecule has 1 amide bonds. The Morgan fingerprint density at radius 3 is 2.50 bits per heavy atom. The summed E-state index contributed by atoms with van der Waals surface area (Å²) in [5.41, 5.74) is 4.08. The van der Waals surface area contributed by atoms with Gasteiger partial charge in [-0.05, 0) is 49.2 Å². The standard InChI is InChI=1S/C25H21ClN4OS/c1-17-15-19-9-5-6-10-22(19)29(17)23(31)16-32-25-28-27-24(18-7-3-2-4-8-18)30(25)21-13-11-20(26)12-14-21/h2-14,17H,15-16H2,1H3. The molecule has 1 aliphatic rings. The van der Waals surface area contributed by atoms with Crippen molar-refractivity contribution in [1.29, 1.82) is 0 Å². The van der Waals surface area contributed by atoms with Crippen molar-refractivity contribution in [2.75, 3.05) is 10.7 Å². The van der Waals surface area contributed by atoms with Gasteiger partial charge in [0, 0.05) is 28.0 Å². The van der Waals surface area contributed by atoms with Crippen molar-refractivity contribution >= 4 is 35.0 Å². The summed E-state index contributed by atoms with van der Waals surface area (Å²) in [6.07, 6.45) is 0.881. The van der Waals surface area contributed by atoms with Gasteiger partial charge in [0.05, 0.1) is 5.75 Å². The van der Waals surface area contributed by atoms with Crippen LogP contribution in [0.4, 0.5) is 5.69 Å². The van der Waals surface area contributed by atoms with Gasteiger partial charge in [-0.1, -0.05) is 71.9 Å². The molecule has 7 heteroatoms. The van der Waals surface area contributed by atoms with Crippen LogP contribution in [0.2, 0.25) is 5.02 Å². The van der Waals surface area contributed by atoms with E-state index >= 15 is 0 Å². The maximum atomic E-state index is 13.2. The number of halogens is 1. The van der Waals surface area contributed by atoms with Crippen molar-refractivity contribution in [3.05, 3.63) is 89.4 Å². The molecule has 5 nitrogen and oxygen atoms in total. The predicted octanol–water partition coefficient (Wildman–Crippen LogP) is 5.66. The first-order valence-corrected chi connectivity index (χ1v) is 11.8. The maximum absolute atomic E-state index is 13.2. The number of nitrogens with zero attached hydrogens (tertiary/aromatic N) is 4. The fourth-order valence-electron chi connectivity index (χ4n) is 4.10. The molecule has 0 radical (unpaired) electrons. The molecule has 4 aromatic rings. The van der Waals surface area contributed by atoms with Crippen molar-refractivity contribution in [2.45, 2.75) is 24.5 Å². The van der Waals surface area contributed by atoms with Gasteiger partial charge in [-0.15, -0.1) is 10.2 Å². The molecule has 0 saturated carbocycles. The Morgan fingerprint density at radius 2 is 1.72 bits per heavy atom. The van der Waals surface area contributed by atoms with E-state index in [1.54, 1.807) is 0 Å². The zero-order valence-corrected chi connectivity index (χ0v) is 19.1. The van der Waals surface area contributed by atoms with E-state index in [-0.39, 0.29) is 17.7 Å². The highest BCUT2D eigenvalue weighted by Crippen LogP contribution is 2.34. The minimum absolute atomic E-state index is 0.0689. The molecule has 3 aromatic carbocycles. The average molecular weight is 461 g/mol. The summed E-state index contributed by atoms with van der Waals surface area (Å²) < 4.78 is 1.98. The summed E-state index contributed by atoms with van der Waals surface area (Å²) in [5.74, 6) is 1.07. The fraction of sp³-hybridized carbons (Fsp3) is 0.160. The van der Waals surface area contributed by atoms with Gasteiger partial charge in [0.15, 0.2) is 11.0 Å². The third kappa shape index (κ3) is 3.92. The fourth-order valence-corrected chi connectivity index (χ4v) is 5.04. The van der Waals surface area contributed by atoms with E-state index in [0.29, 0.717) is 10.2 Å². The molecular formula is C25H21ClN4OS. The van der Waals surface area contributed by atoms with Crippen molar-refractivity contribution in [3.63, 3.8) is 0 Å². The minimum atomic E-state index is 0.0689. The number of carbonyl (C=O) groups excluding carboxylic acids is 1. The number of hydrogen-bond donors (Lipinski definition) is 0. The largest absolute Gasteiger partial charge is 0.308 e. The molecule has 32 heavy (non-hydrogen) atoms. The van der Waals surface area contributed by atoms with Crippen molar-refractivity contribution in [2.24, 2.45) is 0 Å². The number of benzene rings is 3. The second-order valence-corrected chi connectivity index (χ2v) is 9.10. The number of anilines is 1. The molecule has 1 atom stereocenters. The average Bonchev–Trinajstić information content (AvgIpc) is 3.39. The lowest BCUT2D eigenvalue weighted by molar-refractivity contribution is -0.116. The van der Waals surface area contributed by atoms with Crippen molar-refractivity contribution < 1.29 is 4.79 Å². The van der Waals surface area contributed by atoms with E-state index in [4.69, 9.17) is 11.6 Å². The summed E-state index contributed by atoms with van der Waals surface area (Å²) in [6.45, 7) is 2.09. The molecule has 1 unspecified atom stereocenters. The molecule has 1 aromatic heterocycles. The van der Waals surface area contributed by atoms with Crippen LogP contribution in [0.25, 0.3) is 17.1 Å². The van der Waals surface area contributed by atoms with Gasteiger partial charge in [0.1, 0.15) is 0 Å². The number of rotatable bonds is 5. The van der Waals surface area contributed by atoms with Crippen LogP contribution in [0.5, 0.6) is 0 Å². The number of aromatic nitrogens is 3. The summed E-state index contributed by atoms with van der Waals surface area (Å²) in [5, 5.41) is 10.2. The van der Waals surface area contributed by atoms with Crippen molar-refractivity contribution in [3.8, 4) is 17.1 Å². The summed E-state index contributed by atoms with van der Waals surface area (Å²) in [6, 6.07) is 25.7. The molecule has 0 N–H and O–H groups in total. The number of carbonyl (C=O) groups is 1. The SMILES string of the molecule is CC1Cc2ccccc2N1C(=O)CSc1nnc(-c2ccccc2)n1-c1ccc(Cl)cc1. The van der Waals surface area contributed by atoms with Gasteiger partial charge in [0.25, 0.3) is 0 Å². The highest BCUT2D eigenvalue weighted by atomic mass is 35.5. The first-order chi connectivity index (χ1) is 15.6. The lowest BCUT2D eigenvalue weighted by Crippen LogP contribution is -2.37. The second kappa shape index (κ2) is 8.81. The van der Waals surface area contributed by atoms with E-state index in [1.807, 2.05) is 82.3 Å². The smallest absolute Gasteiger partial charge is 0.237 e. The van der Waals surface area contributed by atoms with Gasteiger partial charge in [-0.25, -0.2) is 0 Å². The molecule has 0 bridgehead atoms. The number of para-hydroxylation sites is 1. The van der Waals surface area contributed by atoms with Crippen molar-refractivity contribution in [1.82, 2.24) is 14.8 Å². The van der Waals surface area contributed by atoms with E-state index in [1.165, 1.54) is 17.3 Å². The number of amides is 1. The van der Waals surface area contributed by atoms with Gasteiger partial charge < -0.3 is 4.90 Å². The van der Waals surface area contributed by atoms with Gasteiger partial charge in [-0.3, -0.25) is 9.36 Å². The second-order valence-electron chi connectivity index (χ2n) is 7.72. The molecule has 0 aliphatic carbocycles. The van der Waals surface area contributed by atoms with Gasteiger partial charge in [0.2, 0.25) is 5.91 Å². The Kier molecular flexibility index (Phi) is 5.72. The number of fused-ring (bicyclic) bond motifs is 1. The molecule has 2 heterocycles. The minimum Gasteiger partial charge on any atom is -0.308 e. The topological polar surface area (TPSA) is 51.0 Å². The molecule has 0 fully saturated rings. The molecule has 5 rings (SSSR count). The van der Waals surface area contributed by atoms with Crippen LogP contribution in [0, 0.1) is 0 Å². The Morgan fingerprint density at radius 1 is 1.00 bits per heavy atom.